The number of hydrogen-bond acceptors (Lipinski definition) is 0. The number of hydrogen-bond donors (Lipinski definition) is 0. The molecule has 0 unspecified atom stereocenters. The third-order valence-electron chi connectivity index (χ3n) is 3.44. The minimum absolute atomic E-state index is 0.101. The van der Waals surface area contributed by atoms with Crippen molar-refractivity contribution in [3.8, 4) is 22.3 Å². The van der Waals surface area contributed by atoms with E-state index in [-0.39, 0.29) is 16.8 Å². The SMILES string of the molecule is [C-]#[N+]c1ccc(F)c(-c2cc(-c3ccccc3)ccc2F)c1. The molecule has 0 spiro atoms. The van der Waals surface area contributed by atoms with Crippen molar-refractivity contribution in [2.75, 3.05) is 0 Å². The summed E-state index contributed by atoms with van der Waals surface area (Å²) < 4.78 is 28.2. The van der Waals surface area contributed by atoms with Crippen molar-refractivity contribution < 1.29 is 8.78 Å². The van der Waals surface area contributed by atoms with E-state index in [1.54, 1.807) is 12.1 Å². The molecule has 22 heavy (non-hydrogen) atoms. The highest BCUT2D eigenvalue weighted by molar-refractivity contribution is 5.75. The fourth-order valence-corrected chi connectivity index (χ4v) is 2.33. The minimum Gasteiger partial charge on any atom is -0.238 e. The van der Waals surface area contributed by atoms with Gasteiger partial charge in [-0.1, -0.05) is 42.5 Å². The number of nitrogens with zero attached hydrogens (tertiary/aromatic N) is 1. The zero-order valence-electron chi connectivity index (χ0n) is 11.6. The molecule has 0 aliphatic carbocycles. The van der Waals surface area contributed by atoms with E-state index < -0.39 is 11.6 Å². The van der Waals surface area contributed by atoms with Crippen LogP contribution in [-0.4, -0.2) is 0 Å². The zero-order chi connectivity index (χ0) is 15.5. The normalized spacial score (nSPS) is 10.2. The Labute approximate surface area is 127 Å². The number of benzene rings is 3. The Hall–Kier alpha value is -2.99. The van der Waals surface area contributed by atoms with Crippen LogP contribution in [0.3, 0.4) is 0 Å². The van der Waals surface area contributed by atoms with Gasteiger partial charge in [0.1, 0.15) is 11.6 Å². The summed E-state index contributed by atoms with van der Waals surface area (Å²) in [6.07, 6.45) is 0. The van der Waals surface area contributed by atoms with Crippen LogP contribution in [0.5, 0.6) is 0 Å². The predicted molar refractivity (Wildman–Crippen MR) is 83.5 cm³/mol. The Kier molecular flexibility index (Phi) is 3.67. The zero-order valence-corrected chi connectivity index (χ0v) is 11.6. The first-order valence-electron chi connectivity index (χ1n) is 6.71. The largest absolute Gasteiger partial charge is 0.238 e. The highest BCUT2D eigenvalue weighted by Crippen LogP contribution is 2.32. The fourth-order valence-electron chi connectivity index (χ4n) is 2.33. The number of halogens is 2. The van der Waals surface area contributed by atoms with Crippen LogP contribution >= 0.6 is 0 Å². The van der Waals surface area contributed by atoms with Gasteiger partial charge in [0.15, 0.2) is 5.69 Å². The molecular weight excluding hydrogens is 280 g/mol. The molecule has 0 amide bonds. The summed E-state index contributed by atoms with van der Waals surface area (Å²) in [4.78, 5) is 3.27. The van der Waals surface area contributed by atoms with Gasteiger partial charge in [0.2, 0.25) is 0 Å². The van der Waals surface area contributed by atoms with Crippen LogP contribution in [0, 0.1) is 18.2 Å². The minimum atomic E-state index is -0.545. The second-order valence-electron chi connectivity index (χ2n) is 4.84. The molecule has 3 heteroatoms. The van der Waals surface area contributed by atoms with E-state index in [4.69, 9.17) is 6.57 Å². The van der Waals surface area contributed by atoms with Gasteiger partial charge in [-0.3, -0.25) is 0 Å². The van der Waals surface area contributed by atoms with E-state index in [0.29, 0.717) is 0 Å². The van der Waals surface area contributed by atoms with Crippen molar-refractivity contribution in [2.24, 2.45) is 0 Å². The van der Waals surface area contributed by atoms with Crippen molar-refractivity contribution in [1.29, 1.82) is 0 Å². The smallest absolute Gasteiger partial charge is 0.188 e. The molecule has 0 fully saturated rings. The molecule has 0 saturated heterocycles. The van der Waals surface area contributed by atoms with Crippen LogP contribution in [-0.2, 0) is 0 Å². The maximum atomic E-state index is 14.1. The summed E-state index contributed by atoms with van der Waals surface area (Å²) in [5.74, 6) is -1.06. The van der Waals surface area contributed by atoms with Crippen LogP contribution in [0.1, 0.15) is 0 Å². The second-order valence-corrected chi connectivity index (χ2v) is 4.84. The molecule has 0 saturated carbocycles. The summed E-state index contributed by atoms with van der Waals surface area (Å²) in [5.41, 5.74) is 2.25. The van der Waals surface area contributed by atoms with Crippen molar-refractivity contribution in [3.05, 3.63) is 89.8 Å². The lowest BCUT2D eigenvalue weighted by Crippen LogP contribution is -1.90. The first-order chi connectivity index (χ1) is 10.7. The number of rotatable bonds is 2. The molecule has 0 atom stereocenters. The highest BCUT2D eigenvalue weighted by Gasteiger charge is 2.12. The summed E-state index contributed by atoms with van der Waals surface area (Å²) in [6.45, 7) is 7.01. The molecule has 0 heterocycles. The Balaban J connectivity index is 2.18. The van der Waals surface area contributed by atoms with Gasteiger partial charge in [-0.15, -0.1) is 0 Å². The molecule has 0 aliphatic rings. The molecule has 106 valence electrons. The predicted octanol–water partition coefficient (Wildman–Crippen LogP) is 5.85. The van der Waals surface area contributed by atoms with Crippen molar-refractivity contribution in [1.82, 2.24) is 0 Å². The molecule has 0 bridgehead atoms. The maximum absolute atomic E-state index is 14.1. The van der Waals surface area contributed by atoms with Gasteiger partial charge in [-0.05, 0) is 35.4 Å². The molecular formula is C19H11F2N. The van der Waals surface area contributed by atoms with Crippen molar-refractivity contribution in [3.63, 3.8) is 0 Å². The van der Waals surface area contributed by atoms with E-state index in [2.05, 4.69) is 4.85 Å². The average Bonchev–Trinajstić information content (AvgIpc) is 2.57. The molecule has 3 rings (SSSR count). The topological polar surface area (TPSA) is 4.36 Å². The van der Waals surface area contributed by atoms with Crippen LogP contribution in [0.25, 0.3) is 27.1 Å². The van der Waals surface area contributed by atoms with E-state index in [9.17, 15) is 8.78 Å². The van der Waals surface area contributed by atoms with Gasteiger partial charge in [0, 0.05) is 11.1 Å². The standard InChI is InChI=1S/C19H11F2N/c1-22-15-8-10-19(21)17(12-15)16-11-14(7-9-18(16)20)13-5-3-2-4-6-13/h2-12H. The van der Waals surface area contributed by atoms with Gasteiger partial charge in [0.25, 0.3) is 0 Å². The Morgan fingerprint density at radius 1 is 0.682 bits per heavy atom. The highest BCUT2D eigenvalue weighted by atomic mass is 19.1. The molecule has 0 radical (unpaired) electrons. The molecule has 0 aromatic heterocycles. The molecule has 3 aromatic rings. The van der Waals surface area contributed by atoms with E-state index in [1.807, 2.05) is 30.3 Å². The van der Waals surface area contributed by atoms with Crippen molar-refractivity contribution in [2.45, 2.75) is 0 Å². The first kappa shape index (κ1) is 14.0. The second kappa shape index (κ2) is 5.79. The monoisotopic (exact) mass is 291 g/mol. The third kappa shape index (κ3) is 2.59. The molecule has 0 N–H and O–H groups in total. The third-order valence-corrected chi connectivity index (χ3v) is 3.44. The van der Waals surface area contributed by atoms with Crippen LogP contribution in [0.2, 0.25) is 0 Å². The van der Waals surface area contributed by atoms with Crippen molar-refractivity contribution >= 4 is 5.69 Å². The van der Waals surface area contributed by atoms with E-state index in [1.165, 1.54) is 24.3 Å². The molecule has 3 aromatic carbocycles. The lowest BCUT2D eigenvalue weighted by molar-refractivity contribution is 0.616. The van der Waals surface area contributed by atoms with Gasteiger partial charge in [-0.25, -0.2) is 13.6 Å². The molecule has 0 aliphatic heterocycles. The lowest BCUT2D eigenvalue weighted by atomic mass is 9.98. The first-order valence-corrected chi connectivity index (χ1v) is 6.71. The van der Waals surface area contributed by atoms with Crippen LogP contribution in [0.4, 0.5) is 14.5 Å². The maximum Gasteiger partial charge on any atom is 0.188 e. The van der Waals surface area contributed by atoms with Gasteiger partial charge in [0.05, 0.1) is 6.57 Å². The van der Waals surface area contributed by atoms with Gasteiger partial charge < -0.3 is 0 Å². The van der Waals surface area contributed by atoms with Gasteiger partial charge >= 0.3 is 0 Å². The Morgan fingerprint density at radius 3 is 2.00 bits per heavy atom. The van der Waals surface area contributed by atoms with Gasteiger partial charge in [-0.2, -0.15) is 0 Å². The average molecular weight is 291 g/mol. The fraction of sp³-hybridized carbons (Fsp3) is 0. The Bertz CT molecular complexity index is 864. The van der Waals surface area contributed by atoms with E-state index >= 15 is 0 Å². The summed E-state index contributed by atoms with van der Waals surface area (Å²) in [5, 5.41) is 0. The summed E-state index contributed by atoms with van der Waals surface area (Å²) >= 11 is 0. The van der Waals surface area contributed by atoms with E-state index in [0.717, 1.165) is 11.1 Å². The summed E-state index contributed by atoms with van der Waals surface area (Å²) in [7, 11) is 0. The quantitative estimate of drug-likeness (QED) is 0.522. The lowest BCUT2D eigenvalue weighted by Gasteiger charge is -2.09. The van der Waals surface area contributed by atoms with Crippen LogP contribution < -0.4 is 0 Å². The Morgan fingerprint density at radius 2 is 1.32 bits per heavy atom. The summed E-state index contributed by atoms with van der Waals surface area (Å²) in [6, 6.07) is 18.0. The van der Waals surface area contributed by atoms with Crippen LogP contribution in [0.15, 0.2) is 66.7 Å². The molecule has 1 nitrogen and oxygen atoms in total.